The summed E-state index contributed by atoms with van der Waals surface area (Å²) in [6.45, 7) is 4.33. The van der Waals surface area contributed by atoms with E-state index < -0.39 is 0 Å². The smallest absolute Gasteiger partial charge is 0.291 e. The molecular weight excluding hydrogens is 377 g/mol. The molecule has 26 heavy (non-hydrogen) atoms. The number of amides is 1. The van der Waals surface area contributed by atoms with Gasteiger partial charge in [-0.15, -0.1) is 0 Å². The number of amidine groups is 1. The maximum Gasteiger partial charge on any atom is 0.291 e. The van der Waals surface area contributed by atoms with E-state index in [1.165, 1.54) is 25.3 Å². The van der Waals surface area contributed by atoms with Crippen LogP contribution in [0.25, 0.3) is 0 Å². The minimum Gasteiger partial charge on any atom is -0.463 e. The summed E-state index contributed by atoms with van der Waals surface area (Å²) in [6.07, 6.45) is 3.76. The number of likely N-dealkylation sites (tertiary alicyclic amines) is 1. The summed E-state index contributed by atoms with van der Waals surface area (Å²) in [5.74, 6) is -0.349. The van der Waals surface area contributed by atoms with Crippen molar-refractivity contribution >= 4 is 35.1 Å². The molecule has 8 heteroatoms. The third-order valence-electron chi connectivity index (χ3n) is 4.05. The second-order valence-corrected chi connectivity index (χ2v) is 6.83. The van der Waals surface area contributed by atoms with Crippen LogP contribution in [0.1, 0.15) is 29.6 Å². The lowest BCUT2D eigenvalue weighted by molar-refractivity contribution is 0.0953. The van der Waals surface area contributed by atoms with Crippen LogP contribution in [-0.2, 0) is 9.47 Å². The molecule has 1 aliphatic heterocycles. The number of hydrogen-bond donors (Lipinski definition) is 1. The number of hydrogen-bond acceptors (Lipinski definition) is 5. The van der Waals surface area contributed by atoms with E-state index in [1.54, 1.807) is 19.2 Å². The minimum atomic E-state index is -0.349. The van der Waals surface area contributed by atoms with Crippen molar-refractivity contribution < 1.29 is 14.3 Å². The Hall–Kier alpha value is -1.34. The maximum absolute atomic E-state index is 12.4. The first kappa shape index (κ1) is 21.0. The second-order valence-electron chi connectivity index (χ2n) is 6.01. The van der Waals surface area contributed by atoms with Gasteiger partial charge in [0, 0.05) is 19.2 Å². The molecule has 0 spiro atoms. The van der Waals surface area contributed by atoms with Gasteiger partial charge in [-0.25, -0.2) is 4.99 Å². The number of carbonyl (C=O) groups is 1. The number of rotatable bonds is 7. The molecule has 0 unspecified atom stereocenters. The van der Waals surface area contributed by atoms with Crippen LogP contribution in [0, 0.1) is 0 Å². The molecule has 2 rings (SSSR count). The van der Waals surface area contributed by atoms with E-state index in [0.717, 1.165) is 19.6 Å². The monoisotopic (exact) mass is 401 g/mol. The summed E-state index contributed by atoms with van der Waals surface area (Å²) in [6, 6.07) is 4.89. The molecule has 0 bridgehead atoms. The Kier molecular flexibility index (Phi) is 9.18. The third kappa shape index (κ3) is 7.11. The van der Waals surface area contributed by atoms with Crippen LogP contribution < -0.4 is 5.32 Å². The number of methoxy groups -OCH3 is 1. The fraction of sp³-hybridized carbons (Fsp3) is 0.556. The van der Waals surface area contributed by atoms with Gasteiger partial charge in [0.1, 0.15) is 6.61 Å². The van der Waals surface area contributed by atoms with Crippen LogP contribution in [0.3, 0.4) is 0 Å². The number of nitrogens with zero attached hydrogens (tertiary/aromatic N) is 2. The average molecular weight is 402 g/mol. The standard InChI is InChI=1S/C18H25Cl2N3O3/c1-25-11-12-26-18(21-7-10-23-8-3-2-4-9-23)22-17(24)14-5-6-15(19)16(20)13-14/h5-6,13H,2-4,7-12H2,1H3,(H,21,22,24). The van der Waals surface area contributed by atoms with E-state index in [2.05, 4.69) is 15.2 Å². The number of carbonyl (C=O) groups excluding carboxylic acids is 1. The first-order chi connectivity index (χ1) is 12.6. The van der Waals surface area contributed by atoms with Gasteiger partial charge in [-0.1, -0.05) is 29.6 Å². The number of nitrogens with one attached hydrogen (secondary N) is 1. The molecule has 1 fully saturated rings. The summed E-state index contributed by atoms with van der Waals surface area (Å²) in [4.78, 5) is 19.2. The largest absolute Gasteiger partial charge is 0.463 e. The second kappa shape index (κ2) is 11.4. The van der Waals surface area contributed by atoms with Gasteiger partial charge in [-0.3, -0.25) is 10.1 Å². The van der Waals surface area contributed by atoms with Crippen molar-refractivity contribution in [2.24, 2.45) is 4.99 Å². The van der Waals surface area contributed by atoms with Crippen molar-refractivity contribution in [3.63, 3.8) is 0 Å². The van der Waals surface area contributed by atoms with E-state index in [4.69, 9.17) is 32.7 Å². The lowest BCUT2D eigenvalue weighted by Gasteiger charge is -2.25. The molecule has 0 radical (unpaired) electrons. The van der Waals surface area contributed by atoms with Crippen LogP contribution in [0.5, 0.6) is 0 Å². The predicted octanol–water partition coefficient (Wildman–Crippen LogP) is 3.23. The van der Waals surface area contributed by atoms with Crippen LogP contribution in [0.4, 0.5) is 0 Å². The van der Waals surface area contributed by atoms with Crippen molar-refractivity contribution in [1.82, 2.24) is 10.2 Å². The number of piperidine rings is 1. The first-order valence-electron chi connectivity index (χ1n) is 8.75. The molecule has 0 aromatic heterocycles. The Morgan fingerprint density at radius 1 is 1.19 bits per heavy atom. The van der Waals surface area contributed by atoms with Gasteiger partial charge >= 0.3 is 0 Å². The molecule has 144 valence electrons. The molecule has 1 aliphatic rings. The van der Waals surface area contributed by atoms with Crippen molar-refractivity contribution in [2.45, 2.75) is 19.3 Å². The Balaban J connectivity index is 1.94. The number of ether oxygens (including phenoxy) is 2. The zero-order chi connectivity index (χ0) is 18.8. The molecule has 1 aromatic rings. The van der Waals surface area contributed by atoms with Gasteiger partial charge in [-0.05, 0) is 44.1 Å². The first-order valence-corrected chi connectivity index (χ1v) is 9.50. The molecule has 6 nitrogen and oxygen atoms in total. The van der Waals surface area contributed by atoms with Crippen LogP contribution in [0.15, 0.2) is 23.2 Å². The molecule has 1 aromatic carbocycles. The number of aliphatic imine (C=N–C) groups is 1. The van der Waals surface area contributed by atoms with Crippen LogP contribution in [0.2, 0.25) is 10.0 Å². The van der Waals surface area contributed by atoms with Crippen molar-refractivity contribution in [1.29, 1.82) is 0 Å². The molecule has 0 atom stereocenters. The van der Waals surface area contributed by atoms with E-state index in [1.807, 2.05) is 0 Å². The van der Waals surface area contributed by atoms with Crippen molar-refractivity contribution in [3.8, 4) is 0 Å². The minimum absolute atomic E-state index is 0.190. The summed E-state index contributed by atoms with van der Waals surface area (Å²) in [7, 11) is 1.59. The van der Waals surface area contributed by atoms with Gasteiger partial charge in [0.15, 0.2) is 0 Å². The van der Waals surface area contributed by atoms with Crippen LogP contribution in [-0.4, -0.2) is 63.3 Å². The zero-order valence-corrected chi connectivity index (χ0v) is 16.5. The summed E-state index contributed by atoms with van der Waals surface area (Å²) >= 11 is 11.9. The third-order valence-corrected chi connectivity index (χ3v) is 4.79. The predicted molar refractivity (Wildman–Crippen MR) is 104 cm³/mol. The lowest BCUT2D eigenvalue weighted by atomic mass is 10.1. The van der Waals surface area contributed by atoms with Crippen LogP contribution >= 0.6 is 23.2 Å². The highest BCUT2D eigenvalue weighted by atomic mass is 35.5. The number of halogens is 2. The van der Waals surface area contributed by atoms with Gasteiger partial charge in [0.05, 0.1) is 23.2 Å². The topological polar surface area (TPSA) is 63.2 Å². The Morgan fingerprint density at radius 3 is 2.65 bits per heavy atom. The summed E-state index contributed by atoms with van der Waals surface area (Å²) < 4.78 is 10.5. The molecule has 1 saturated heterocycles. The van der Waals surface area contributed by atoms with E-state index in [-0.39, 0.29) is 11.9 Å². The van der Waals surface area contributed by atoms with E-state index in [9.17, 15) is 4.79 Å². The van der Waals surface area contributed by atoms with Gasteiger partial charge in [-0.2, -0.15) is 0 Å². The van der Waals surface area contributed by atoms with Gasteiger partial charge < -0.3 is 14.4 Å². The summed E-state index contributed by atoms with van der Waals surface area (Å²) in [5, 5.41) is 3.41. The summed E-state index contributed by atoms with van der Waals surface area (Å²) in [5.41, 5.74) is 0.387. The van der Waals surface area contributed by atoms with E-state index in [0.29, 0.717) is 35.4 Å². The molecule has 1 N–H and O–H groups in total. The fourth-order valence-corrected chi connectivity index (χ4v) is 2.92. The Labute approximate surface area is 164 Å². The molecular formula is C18H25Cl2N3O3. The molecule has 0 saturated carbocycles. The Bertz CT molecular complexity index is 620. The molecule has 1 heterocycles. The maximum atomic E-state index is 12.4. The molecule has 1 amide bonds. The quantitative estimate of drug-likeness (QED) is 0.432. The normalized spacial score (nSPS) is 15.7. The van der Waals surface area contributed by atoms with E-state index >= 15 is 0 Å². The van der Waals surface area contributed by atoms with Gasteiger partial charge in [0.25, 0.3) is 11.9 Å². The number of benzene rings is 1. The van der Waals surface area contributed by atoms with Crippen molar-refractivity contribution in [3.05, 3.63) is 33.8 Å². The highest BCUT2D eigenvalue weighted by Gasteiger charge is 2.13. The van der Waals surface area contributed by atoms with Crippen molar-refractivity contribution in [2.75, 3.05) is 46.5 Å². The highest BCUT2D eigenvalue weighted by Crippen LogP contribution is 2.22. The molecule has 0 aliphatic carbocycles. The Morgan fingerprint density at radius 2 is 1.96 bits per heavy atom. The SMILES string of the molecule is COCCOC(=NCCN1CCCCC1)NC(=O)c1ccc(Cl)c(Cl)c1. The highest BCUT2D eigenvalue weighted by molar-refractivity contribution is 6.42. The van der Waals surface area contributed by atoms with Gasteiger partial charge in [0.2, 0.25) is 0 Å². The fourth-order valence-electron chi connectivity index (χ4n) is 2.63. The lowest BCUT2D eigenvalue weighted by Crippen LogP contribution is -2.35. The zero-order valence-electron chi connectivity index (χ0n) is 15.0. The average Bonchev–Trinajstić information content (AvgIpc) is 2.64.